The first-order valence-corrected chi connectivity index (χ1v) is 6.69. The molecule has 0 unspecified atom stereocenters. The molecule has 1 N–H and O–H groups in total. The largest absolute Gasteiger partial charge is 0.486 e. The van der Waals surface area contributed by atoms with Crippen molar-refractivity contribution in [2.45, 2.75) is 38.7 Å². The van der Waals surface area contributed by atoms with Crippen molar-refractivity contribution < 1.29 is 4.74 Å². The molecule has 3 heteroatoms. The molecule has 0 aliphatic heterocycles. The van der Waals surface area contributed by atoms with E-state index in [-0.39, 0.29) is 5.60 Å². The van der Waals surface area contributed by atoms with E-state index >= 15 is 0 Å². The highest BCUT2D eigenvalue weighted by atomic mass is 35.5. The number of nitrogens with one attached hydrogen (secondary N) is 1. The van der Waals surface area contributed by atoms with E-state index in [1.807, 2.05) is 25.1 Å². The second-order valence-corrected chi connectivity index (χ2v) is 5.31. The van der Waals surface area contributed by atoms with Crippen LogP contribution in [0.1, 0.15) is 31.7 Å². The van der Waals surface area contributed by atoms with Gasteiger partial charge in [0.2, 0.25) is 0 Å². The Kier molecular flexibility index (Phi) is 3.95. The summed E-state index contributed by atoms with van der Waals surface area (Å²) in [4.78, 5) is 0. The first-order chi connectivity index (χ1) is 8.15. The summed E-state index contributed by atoms with van der Waals surface area (Å²) in [5.41, 5.74) is 1.15. The Labute approximate surface area is 108 Å². The van der Waals surface area contributed by atoms with Crippen molar-refractivity contribution in [3.63, 3.8) is 0 Å². The number of benzene rings is 1. The van der Waals surface area contributed by atoms with Crippen molar-refractivity contribution in [2.75, 3.05) is 13.1 Å². The van der Waals surface area contributed by atoms with E-state index in [9.17, 15) is 0 Å². The predicted molar refractivity (Wildman–Crippen MR) is 71.9 cm³/mol. The monoisotopic (exact) mass is 253 g/mol. The second kappa shape index (κ2) is 5.28. The predicted octanol–water partition coefficient (Wildman–Crippen LogP) is 3.56. The maximum absolute atomic E-state index is 6.12. The van der Waals surface area contributed by atoms with Crippen LogP contribution in [-0.4, -0.2) is 18.7 Å². The lowest BCUT2D eigenvalue weighted by Crippen LogP contribution is -2.33. The van der Waals surface area contributed by atoms with Gasteiger partial charge in [-0.3, -0.25) is 0 Å². The molecule has 0 bridgehead atoms. The van der Waals surface area contributed by atoms with E-state index in [0.29, 0.717) is 0 Å². The minimum atomic E-state index is 0.0355. The first kappa shape index (κ1) is 12.7. The van der Waals surface area contributed by atoms with Gasteiger partial charge in [-0.05, 0) is 56.5 Å². The molecule has 2 nitrogen and oxygen atoms in total. The number of hydrogen-bond acceptors (Lipinski definition) is 2. The third kappa shape index (κ3) is 3.36. The van der Waals surface area contributed by atoms with Crippen LogP contribution >= 0.6 is 11.6 Å². The van der Waals surface area contributed by atoms with Gasteiger partial charge in [-0.25, -0.2) is 0 Å². The molecule has 0 radical (unpaired) electrons. The Balaban J connectivity index is 1.95. The Bertz CT molecular complexity index is 388. The Hall–Kier alpha value is -0.730. The fourth-order valence-corrected chi connectivity index (χ4v) is 2.13. The highest BCUT2D eigenvalue weighted by Crippen LogP contribution is 2.40. The van der Waals surface area contributed by atoms with Crippen molar-refractivity contribution in [2.24, 2.45) is 0 Å². The van der Waals surface area contributed by atoms with Gasteiger partial charge in [-0.2, -0.15) is 0 Å². The van der Waals surface area contributed by atoms with Crippen LogP contribution in [0.4, 0.5) is 0 Å². The lowest BCUT2D eigenvalue weighted by Gasteiger charge is -2.20. The van der Waals surface area contributed by atoms with Crippen molar-refractivity contribution in [1.29, 1.82) is 0 Å². The summed E-state index contributed by atoms with van der Waals surface area (Å²) in [5, 5.41) is 4.21. The molecule has 2 rings (SSSR count). The molecule has 17 heavy (non-hydrogen) atoms. The minimum absolute atomic E-state index is 0.0355. The summed E-state index contributed by atoms with van der Waals surface area (Å²) >= 11 is 5.94. The summed E-state index contributed by atoms with van der Waals surface area (Å²) in [6, 6.07) is 5.81. The lowest BCUT2D eigenvalue weighted by atomic mass is 10.2. The van der Waals surface area contributed by atoms with E-state index in [1.54, 1.807) is 0 Å². The Morgan fingerprint density at radius 3 is 2.76 bits per heavy atom. The van der Waals surface area contributed by atoms with Crippen LogP contribution in [0.5, 0.6) is 5.75 Å². The van der Waals surface area contributed by atoms with Crippen LogP contribution in [0.25, 0.3) is 0 Å². The van der Waals surface area contributed by atoms with Gasteiger partial charge in [0.25, 0.3) is 0 Å². The van der Waals surface area contributed by atoms with Crippen molar-refractivity contribution in [3.05, 3.63) is 28.8 Å². The molecule has 1 aliphatic carbocycles. The van der Waals surface area contributed by atoms with Gasteiger partial charge in [0, 0.05) is 11.6 Å². The highest BCUT2D eigenvalue weighted by molar-refractivity contribution is 6.30. The normalized spacial score (nSPS) is 16.9. The quantitative estimate of drug-likeness (QED) is 0.783. The zero-order chi connectivity index (χ0) is 12.3. The fourth-order valence-electron chi connectivity index (χ4n) is 1.91. The average molecular weight is 254 g/mol. The summed E-state index contributed by atoms with van der Waals surface area (Å²) in [5.74, 6) is 0.963. The Morgan fingerprint density at radius 1 is 1.41 bits per heavy atom. The van der Waals surface area contributed by atoms with Gasteiger partial charge in [-0.1, -0.05) is 18.5 Å². The molecule has 1 aromatic rings. The maximum Gasteiger partial charge on any atom is 0.123 e. The minimum Gasteiger partial charge on any atom is -0.486 e. The van der Waals surface area contributed by atoms with E-state index < -0.39 is 0 Å². The molecule has 1 fully saturated rings. The molecule has 0 heterocycles. The number of rotatable bonds is 6. The third-order valence-electron chi connectivity index (χ3n) is 3.15. The smallest absolute Gasteiger partial charge is 0.123 e. The molecule has 0 spiro atoms. The second-order valence-electron chi connectivity index (χ2n) is 4.87. The third-order valence-corrected chi connectivity index (χ3v) is 3.38. The lowest BCUT2D eigenvalue weighted by molar-refractivity contribution is 0.174. The van der Waals surface area contributed by atoms with Gasteiger partial charge < -0.3 is 10.1 Å². The van der Waals surface area contributed by atoms with Gasteiger partial charge in [0.05, 0.1) is 0 Å². The standard InChI is InChI=1S/C14H20ClNO/c1-3-8-16-10-14(6-7-14)17-13-5-4-12(15)9-11(13)2/h4-5,9,16H,3,6-8,10H2,1-2H3. The molecular weight excluding hydrogens is 234 g/mol. The molecule has 0 atom stereocenters. The molecular formula is C14H20ClNO. The van der Waals surface area contributed by atoms with Crippen molar-refractivity contribution >= 4 is 11.6 Å². The van der Waals surface area contributed by atoms with Crippen molar-refractivity contribution in [3.8, 4) is 5.75 Å². The fraction of sp³-hybridized carbons (Fsp3) is 0.571. The zero-order valence-corrected chi connectivity index (χ0v) is 11.3. The van der Waals surface area contributed by atoms with Crippen LogP contribution in [-0.2, 0) is 0 Å². The molecule has 94 valence electrons. The summed E-state index contributed by atoms with van der Waals surface area (Å²) in [6.45, 7) is 6.22. The van der Waals surface area contributed by atoms with Crippen molar-refractivity contribution in [1.82, 2.24) is 5.32 Å². The van der Waals surface area contributed by atoms with Gasteiger partial charge in [0.1, 0.15) is 11.4 Å². The number of aryl methyl sites for hydroxylation is 1. The number of hydrogen-bond donors (Lipinski definition) is 1. The number of ether oxygens (including phenoxy) is 1. The van der Waals surface area contributed by atoms with Gasteiger partial charge in [-0.15, -0.1) is 0 Å². The molecule has 1 saturated carbocycles. The molecule has 0 amide bonds. The average Bonchev–Trinajstić information content (AvgIpc) is 3.03. The van der Waals surface area contributed by atoms with Crippen LogP contribution in [0.2, 0.25) is 5.02 Å². The molecule has 1 aliphatic rings. The first-order valence-electron chi connectivity index (χ1n) is 6.31. The zero-order valence-electron chi connectivity index (χ0n) is 10.6. The Morgan fingerprint density at radius 2 is 2.18 bits per heavy atom. The molecule has 0 aromatic heterocycles. The number of halogens is 1. The SMILES string of the molecule is CCCNCC1(Oc2ccc(Cl)cc2C)CC1. The summed E-state index contributed by atoms with van der Waals surface area (Å²) in [7, 11) is 0. The van der Waals surface area contributed by atoms with Crippen LogP contribution in [0, 0.1) is 6.92 Å². The van der Waals surface area contributed by atoms with Crippen LogP contribution < -0.4 is 10.1 Å². The topological polar surface area (TPSA) is 21.3 Å². The van der Waals surface area contributed by atoms with Crippen LogP contribution in [0.15, 0.2) is 18.2 Å². The van der Waals surface area contributed by atoms with Gasteiger partial charge in [0.15, 0.2) is 0 Å². The van der Waals surface area contributed by atoms with E-state index in [2.05, 4.69) is 12.2 Å². The summed E-state index contributed by atoms with van der Waals surface area (Å²) in [6.07, 6.45) is 3.45. The van der Waals surface area contributed by atoms with Crippen LogP contribution in [0.3, 0.4) is 0 Å². The van der Waals surface area contributed by atoms with E-state index in [1.165, 1.54) is 0 Å². The van der Waals surface area contributed by atoms with E-state index in [4.69, 9.17) is 16.3 Å². The molecule has 1 aromatic carbocycles. The summed E-state index contributed by atoms with van der Waals surface area (Å²) < 4.78 is 6.12. The van der Waals surface area contributed by atoms with Gasteiger partial charge >= 0.3 is 0 Å². The van der Waals surface area contributed by atoms with E-state index in [0.717, 1.165) is 48.7 Å². The molecule has 0 saturated heterocycles. The highest BCUT2D eigenvalue weighted by Gasteiger charge is 2.45. The maximum atomic E-state index is 6.12.